The summed E-state index contributed by atoms with van der Waals surface area (Å²) in [5, 5.41) is 24.8. The van der Waals surface area contributed by atoms with E-state index >= 15 is 0 Å². The molecule has 0 aliphatic heterocycles. The Kier molecular flexibility index (Phi) is 3.28. The van der Waals surface area contributed by atoms with Crippen LogP contribution in [0.1, 0.15) is 5.56 Å². The number of aromatic nitrogens is 3. The first-order chi connectivity index (χ1) is 8.70. The Balaban J connectivity index is 2.30. The lowest BCUT2D eigenvalue weighted by Gasteiger charge is -2.02. The van der Waals surface area contributed by atoms with Crippen LogP contribution < -0.4 is 5.32 Å². The van der Waals surface area contributed by atoms with Gasteiger partial charge in [-0.05, 0) is 6.07 Å². The third kappa shape index (κ3) is 2.48. The molecule has 0 fully saturated rings. The van der Waals surface area contributed by atoms with Crippen molar-refractivity contribution >= 4 is 17.6 Å². The summed E-state index contributed by atoms with van der Waals surface area (Å²) < 4.78 is 1.40. The summed E-state index contributed by atoms with van der Waals surface area (Å²) in [5.41, 5.74) is 1.08. The van der Waals surface area contributed by atoms with E-state index in [-0.39, 0.29) is 5.69 Å². The van der Waals surface area contributed by atoms with Crippen LogP contribution in [0.25, 0.3) is 0 Å². The molecule has 18 heavy (non-hydrogen) atoms. The molecule has 2 rings (SSSR count). The molecule has 2 aromatic rings. The summed E-state index contributed by atoms with van der Waals surface area (Å²) >= 11 is 0. The van der Waals surface area contributed by atoms with E-state index in [4.69, 9.17) is 0 Å². The van der Waals surface area contributed by atoms with Crippen LogP contribution in [0.5, 0.6) is 0 Å². The van der Waals surface area contributed by atoms with Gasteiger partial charge < -0.3 is 5.32 Å². The van der Waals surface area contributed by atoms with Gasteiger partial charge in [0.2, 0.25) is 0 Å². The van der Waals surface area contributed by atoms with Crippen LogP contribution in [0, 0.1) is 10.1 Å². The number of rotatable bonds is 4. The monoisotopic (exact) mass is 246 g/mol. The fourth-order valence-electron chi connectivity index (χ4n) is 1.38. The van der Waals surface area contributed by atoms with Gasteiger partial charge in [-0.1, -0.05) is 6.07 Å². The molecule has 1 aromatic heterocycles. The number of hydrogen-bond acceptors (Lipinski definition) is 6. The van der Waals surface area contributed by atoms with Crippen LogP contribution >= 0.6 is 0 Å². The van der Waals surface area contributed by atoms with Crippen molar-refractivity contribution in [3.05, 3.63) is 46.5 Å². The average Bonchev–Trinajstić information content (AvgIpc) is 2.89. The summed E-state index contributed by atoms with van der Waals surface area (Å²) in [4.78, 5) is 10.4. The highest BCUT2D eigenvalue weighted by Gasteiger charge is 2.12. The second kappa shape index (κ2) is 5.04. The molecule has 0 spiro atoms. The largest absolute Gasteiger partial charge is 0.383 e. The molecule has 1 N–H and O–H groups in total. The summed E-state index contributed by atoms with van der Waals surface area (Å²) in [5.74, 6) is 0. The van der Waals surface area contributed by atoms with Crippen molar-refractivity contribution in [1.82, 2.24) is 14.9 Å². The highest BCUT2D eigenvalue weighted by Crippen LogP contribution is 2.24. The minimum Gasteiger partial charge on any atom is -0.383 e. The Morgan fingerprint density at radius 2 is 2.17 bits per heavy atom. The van der Waals surface area contributed by atoms with E-state index < -0.39 is 4.92 Å². The first-order valence-electron chi connectivity index (χ1n) is 5.06. The van der Waals surface area contributed by atoms with E-state index in [2.05, 4.69) is 20.6 Å². The van der Waals surface area contributed by atoms with Gasteiger partial charge in [0.05, 0.1) is 11.1 Å². The lowest BCUT2D eigenvalue weighted by molar-refractivity contribution is -0.383. The van der Waals surface area contributed by atoms with E-state index in [1.807, 2.05) is 0 Å². The second-order valence-corrected chi connectivity index (χ2v) is 3.37. The van der Waals surface area contributed by atoms with Crippen LogP contribution in [0.2, 0.25) is 0 Å². The Bertz CT molecular complexity index is 578. The van der Waals surface area contributed by atoms with E-state index in [1.54, 1.807) is 19.2 Å². The fourth-order valence-corrected chi connectivity index (χ4v) is 1.38. The Morgan fingerprint density at radius 3 is 2.78 bits per heavy atom. The molecule has 92 valence electrons. The minimum atomic E-state index is -0.443. The smallest absolute Gasteiger partial charge is 0.292 e. The van der Waals surface area contributed by atoms with Gasteiger partial charge in [0.15, 0.2) is 0 Å². The number of benzene rings is 1. The normalized spacial score (nSPS) is 10.7. The first kappa shape index (κ1) is 11.7. The van der Waals surface area contributed by atoms with Crippen molar-refractivity contribution in [3.63, 3.8) is 0 Å². The molecule has 0 radical (unpaired) electrons. The van der Waals surface area contributed by atoms with Crippen LogP contribution in [-0.4, -0.2) is 33.1 Å². The molecular weight excluding hydrogens is 236 g/mol. The maximum atomic E-state index is 10.9. The predicted molar refractivity (Wildman–Crippen MR) is 65.7 cm³/mol. The van der Waals surface area contributed by atoms with Crippen molar-refractivity contribution in [2.45, 2.75) is 0 Å². The van der Waals surface area contributed by atoms with Crippen molar-refractivity contribution in [3.8, 4) is 0 Å². The van der Waals surface area contributed by atoms with Crippen LogP contribution in [0.4, 0.5) is 11.4 Å². The van der Waals surface area contributed by atoms with Crippen LogP contribution in [-0.2, 0) is 0 Å². The topological polar surface area (TPSA) is 98.2 Å². The van der Waals surface area contributed by atoms with Crippen molar-refractivity contribution < 1.29 is 4.92 Å². The standard InChI is InChI=1S/C10H10N6O2/c1-11-9-3-2-8(4-10(9)16(17)18)5-14-15-6-12-13-7-15/h2-7,11H,1H3. The lowest BCUT2D eigenvalue weighted by Crippen LogP contribution is -1.98. The number of nitro benzene ring substituents is 1. The zero-order valence-electron chi connectivity index (χ0n) is 9.52. The molecule has 0 saturated carbocycles. The van der Waals surface area contributed by atoms with Crippen LogP contribution in [0.3, 0.4) is 0 Å². The highest BCUT2D eigenvalue weighted by molar-refractivity contribution is 5.82. The zero-order chi connectivity index (χ0) is 13.0. The number of hydrogen-bond donors (Lipinski definition) is 1. The fraction of sp³-hybridized carbons (Fsp3) is 0.100. The van der Waals surface area contributed by atoms with Gasteiger partial charge in [-0.3, -0.25) is 10.1 Å². The minimum absolute atomic E-state index is 0.00482. The quantitative estimate of drug-likeness (QED) is 0.495. The lowest BCUT2D eigenvalue weighted by atomic mass is 10.2. The van der Waals surface area contributed by atoms with Crippen molar-refractivity contribution in [1.29, 1.82) is 0 Å². The highest BCUT2D eigenvalue weighted by atomic mass is 16.6. The van der Waals surface area contributed by atoms with Gasteiger partial charge in [-0.2, -0.15) is 5.10 Å². The van der Waals surface area contributed by atoms with E-state index in [0.717, 1.165) is 0 Å². The van der Waals surface area contributed by atoms with E-state index in [1.165, 1.54) is 29.6 Å². The molecule has 0 aliphatic rings. The molecule has 0 saturated heterocycles. The predicted octanol–water partition coefficient (Wildman–Crippen LogP) is 1.11. The van der Waals surface area contributed by atoms with Crippen LogP contribution in [0.15, 0.2) is 36.0 Å². The summed E-state index contributed by atoms with van der Waals surface area (Å²) in [6, 6.07) is 4.80. The Labute approximate surface area is 102 Å². The summed E-state index contributed by atoms with van der Waals surface area (Å²) in [6.07, 6.45) is 4.34. The number of nitrogens with zero attached hydrogens (tertiary/aromatic N) is 5. The summed E-state index contributed by atoms with van der Waals surface area (Å²) in [6.45, 7) is 0. The second-order valence-electron chi connectivity index (χ2n) is 3.37. The van der Waals surface area contributed by atoms with Gasteiger partial charge in [-0.25, -0.2) is 4.68 Å². The molecule has 0 amide bonds. The summed E-state index contributed by atoms with van der Waals surface area (Å²) in [7, 11) is 1.63. The Morgan fingerprint density at radius 1 is 1.44 bits per heavy atom. The molecule has 0 bridgehead atoms. The third-order valence-electron chi connectivity index (χ3n) is 2.23. The maximum Gasteiger partial charge on any atom is 0.292 e. The van der Waals surface area contributed by atoms with Crippen molar-refractivity contribution in [2.24, 2.45) is 5.10 Å². The van der Waals surface area contributed by atoms with E-state index in [0.29, 0.717) is 11.3 Å². The molecule has 0 atom stereocenters. The van der Waals surface area contributed by atoms with Gasteiger partial charge in [0.25, 0.3) is 5.69 Å². The SMILES string of the molecule is CNc1ccc(C=Nn2cnnc2)cc1[N+](=O)[O-]. The molecular formula is C10H10N6O2. The molecule has 0 unspecified atom stereocenters. The van der Waals surface area contributed by atoms with Gasteiger partial charge in [0.1, 0.15) is 18.3 Å². The number of anilines is 1. The number of nitro groups is 1. The zero-order valence-corrected chi connectivity index (χ0v) is 9.52. The van der Waals surface area contributed by atoms with Crippen molar-refractivity contribution in [2.75, 3.05) is 12.4 Å². The number of nitrogens with one attached hydrogen (secondary N) is 1. The van der Waals surface area contributed by atoms with Gasteiger partial charge in [-0.15, -0.1) is 10.2 Å². The molecule has 1 heterocycles. The van der Waals surface area contributed by atoms with Gasteiger partial charge >= 0.3 is 0 Å². The first-order valence-corrected chi connectivity index (χ1v) is 5.06. The molecule has 8 nitrogen and oxygen atoms in total. The maximum absolute atomic E-state index is 10.9. The van der Waals surface area contributed by atoms with E-state index in [9.17, 15) is 10.1 Å². The molecule has 1 aromatic carbocycles. The third-order valence-corrected chi connectivity index (χ3v) is 2.23. The molecule has 0 aliphatic carbocycles. The Hall–Kier alpha value is -2.77. The van der Waals surface area contributed by atoms with Gasteiger partial charge in [0, 0.05) is 18.7 Å². The molecule has 8 heteroatoms. The average molecular weight is 246 g/mol.